The maximum absolute atomic E-state index is 11.5. The summed E-state index contributed by atoms with van der Waals surface area (Å²) in [4.78, 5) is 22.5. The van der Waals surface area contributed by atoms with E-state index in [4.69, 9.17) is 5.11 Å². The van der Waals surface area contributed by atoms with E-state index in [0.717, 1.165) is 32.1 Å². The number of carboxylic acid groups (broad SMARTS) is 1. The molecule has 0 aliphatic heterocycles. The summed E-state index contributed by atoms with van der Waals surface area (Å²) >= 11 is 0. The molecule has 0 bridgehead atoms. The number of hydrogen-bond donors (Lipinski definition) is 3. The zero-order valence-corrected chi connectivity index (χ0v) is 9.95. The molecule has 2 aliphatic rings. The summed E-state index contributed by atoms with van der Waals surface area (Å²) in [6.45, 7) is 0.482. The lowest BCUT2D eigenvalue weighted by Crippen LogP contribution is -2.46. The Balaban J connectivity index is 1.69. The number of amides is 2. The molecule has 2 saturated carbocycles. The SMILES string of the molecule is O=C(NCC1CCCC1C(=O)O)NC1CCC1. The van der Waals surface area contributed by atoms with E-state index >= 15 is 0 Å². The quantitative estimate of drug-likeness (QED) is 0.694. The largest absolute Gasteiger partial charge is 0.481 e. The second-order valence-corrected chi connectivity index (χ2v) is 5.12. The van der Waals surface area contributed by atoms with Gasteiger partial charge in [0.25, 0.3) is 0 Å². The van der Waals surface area contributed by atoms with Crippen LogP contribution < -0.4 is 10.6 Å². The van der Waals surface area contributed by atoms with Crippen molar-refractivity contribution in [2.45, 2.75) is 44.6 Å². The average molecular weight is 240 g/mol. The van der Waals surface area contributed by atoms with Crippen LogP contribution in [0.5, 0.6) is 0 Å². The molecule has 2 fully saturated rings. The van der Waals surface area contributed by atoms with Crippen molar-refractivity contribution in [3.05, 3.63) is 0 Å². The molecule has 0 aromatic carbocycles. The van der Waals surface area contributed by atoms with Crippen LogP contribution in [0.2, 0.25) is 0 Å². The van der Waals surface area contributed by atoms with E-state index in [1.165, 1.54) is 6.42 Å². The van der Waals surface area contributed by atoms with E-state index in [0.29, 0.717) is 12.6 Å². The zero-order valence-electron chi connectivity index (χ0n) is 9.95. The molecule has 0 radical (unpaired) electrons. The van der Waals surface area contributed by atoms with Gasteiger partial charge in [-0.25, -0.2) is 4.79 Å². The first-order chi connectivity index (χ1) is 8.16. The third kappa shape index (κ3) is 3.11. The van der Waals surface area contributed by atoms with Crippen molar-refractivity contribution >= 4 is 12.0 Å². The van der Waals surface area contributed by atoms with Crippen molar-refractivity contribution in [1.82, 2.24) is 10.6 Å². The average Bonchev–Trinajstić information content (AvgIpc) is 2.68. The van der Waals surface area contributed by atoms with E-state index in [1.807, 2.05) is 0 Å². The number of carbonyl (C=O) groups excluding carboxylic acids is 1. The van der Waals surface area contributed by atoms with E-state index in [1.54, 1.807) is 0 Å². The second kappa shape index (κ2) is 5.38. The van der Waals surface area contributed by atoms with Gasteiger partial charge >= 0.3 is 12.0 Å². The molecule has 3 N–H and O–H groups in total. The highest BCUT2D eigenvalue weighted by Gasteiger charge is 2.33. The van der Waals surface area contributed by atoms with E-state index in [2.05, 4.69) is 10.6 Å². The molecule has 2 amide bonds. The first kappa shape index (κ1) is 12.2. The maximum atomic E-state index is 11.5. The fourth-order valence-corrected chi connectivity index (χ4v) is 2.62. The van der Waals surface area contributed by atoms with Gasteiger partial charge in [-0.2, -0.15) is 0 Å². The van der Waals surface area contributed by atoms with E-state index < -0.39 is 5.97 Å². The molecule has 0 heterocycles. The lowest BCUT2D eigenvalue weighted by Gasteiger charge is -2.27. The Morgan fingerprint density at radius 3 is 2.41 bits per heavy atom. The van der Waals surface area contributed by atoms with Gasteiger partial charge in [-0.3, -0.25) is 4.79 Å². The Labute approximate surface area is 101 Å². The van der Waals surface area contributed by atoms with E-state index in [9.17, 15) is 9.59 Å². The monoisotopic (exact) mass is 240 g/mol. The van der Waals surface area contributed by atoms with Gasteiger partial charge in [0.05, 0.1) is 5.92 Å². The van der Waals surface area contributed by atoms with Crippen LogP contribution >= 0.6 is 0 Å². The normalized spacial score (nSPS) is 28.5. The molecule has 0 saturated heterocycles. The second-order valence-electron chi connectivity index (χ2n) is 5.12. The van der Waals surface area contributed by atoms with Crippen LogP contribution in [0.15, 0.2) is 0 Å². The van der Waals surface area contributed by atoms with Crippen LogP contribution in [0.25, 0.3) is 0 Å². The van der Waals surface area contributed by atoms with Crippen LogP contribution in [0, 0.1) is 11.8 Å². The number of aliphatic carboxylic acids is 1. The zero-order chi connectivity index (χ0) is 12.3. The molecule has 17 heavy (non-hydrogen) atoms. The molecule has 5 nitrogen and oxygen atoms in total. The Morgan fingerprint density at radius 1 is 1.12 bits per heavy atom. The Hall–Kier alpha value is -1.26. The minimum absolute atomic E-state index is 0.0969. The predicted molar refractivity (Wildman–Crippen MR) is 62.6 cm³/mol. The molecule has 0 aromatic rings. The minimum Gasteiger partial charge on any atom is -0.481 e. The standard InChI is InChI=1S/C12H20N2O3/c15-11(16)10-6-1-3-8(10)7-13-12(17)14-9-4-2-5-9/h8-10H,1-7H2,(H,15,16)(H2,13,14,17). The van der Waals surface area contributed by atoms with Gasteiger partial charge < -0.3 is 15.7 Å². The van der Waals surface area contributed by atoms with Crippen molar-refractivity contribution in [3.63, 3.8) is 0 Å². The summed E-state index contributed by atoms with van der Waals surface area (Å²) < 4.78 is 0. The summed E-state index contributed by atoms with van der Waals surface area (Å²) in [5.41, 5.74) is 0. The number of hydrogen-bond acceptors (Lipinski definition) is 2. The van der Waals surface area contributed by atoms with Gasteiger partial charge in [-0.15, -0.1) is 0 Å². The van der Waals surface area contributed by atoms with Crippen LogP contribution in [0.3, 0.4) is 0 Å². The fourth-order valence-electron chi connectivity index (χ4n) is 2.62. The first-order valence-electron chi connectivity index (χ1n) is 6.44. The molecule has 96 valence electrons. The van der Waals surface area contributed by atoms with E-state index in [-0.39, 0.29) is 17.9 Å². The summed E-state index contributed by atoms with van der Waals surface area (Å²) in [6, 6.07) is 0.180. The Bertz CT molecular complexity index is 302. The first-order valence-corrected chi connectivity index (χ1v) is 6.44. The molecule has 0 aromatic heterocycles. The highest BCUT2D eigenvalue weighted by molar-refractivity contribution is 5.74. The number of carboxylic acids is 1. The number of nitrogens with one attached hydrogen (secondary N) is 2. The molecular weight excluding hydrogens is 220 g/mol. The fraction of sp³-hybridized carbons (Fsp3) is 0.833. The van der Waals surface area contributed by atoms with Crippen LogP contribution in [0.4, 0.5) is 4.79 Å². The minimum atomic E-state index is -0.728. The maximum Gasteiger partial charge on any atom is 0.315 e. The summed E-state index contributed by atoms with van der Waals surface area (Å²) in [6.07, 6.45) is 5.91. The molecule has 0 spiro atoms. The molecule has 2 unspecified atom stereocenters. The van der Waals surface area contributed by atoms with Gasteiger partial charge in [-0.05, 0) is 38.0 Å². The van der Waals surface area contributed by atoms with Gasteiger partial charge in [0.2, 0.25) is 0 Å². The van der Waals surface area contributed by atoms with Gasteiger partial charge in [0.1, 0.15) is 0 Å². The third-order valence-electron chi connectivity index (χ3n) is 3.94. The Kier molecular flexibility index (Phi) is 3.86. The lowest BCUT2D eigenvalue weighted by molar-refractivity contribution is -0.142. The predicted octanol–water partition coefficient (Wildman–Crippen LogP) is 1.34. The summed E-state index contributed by atoms with van der Waals surface area (Å²) in [5.74, 6) is -0.910. The number of rotatable bonds is 4. The lowest BCUT2D eigenvalue weighted by atomic mass is 9.93. The van der Waals surface area contributed by atoms with Crippen LogP contribution in [0.1, 0.15) is 38.5 Å². The van der Waals surface area contributed by atoms with Crippen molar-refractivity contribution in [2.24, 2.45) is 11.8 Å². The highest BCUT2D eigenvalue weighted by atomic mass is 16.4. The third-order valence-corrected chi connectivity index (χ3v) is 3.94. The Morgan fingerprint density at radius 2 is 1.82 bits per heavy atom. The molecule has 5 heteroatoms. The van der Waals surface area contributed by atoms with Gasteiger partial charge in [-0.1, -0.05) is 6.42 Å². The van der Waals surface area contributed by atoms with Crippen molar-refractivity contribution < 1.29 is 14.7 Å². The van der Waals surface area contributed by atoms with Crippen LogP contribution in [-0.4, -0.2) is 29.7 Å². The van der Waals surface area contributed by atoms with Gasteiger partial charge in [0, 0.05) is 12.6 Å². The number of carbonyl (C=O) groups is 2. The smallest absolute Gasteiger partial charge is 0.315 e. The van der Waals surface area contributed by atoms with Crippen molar-refractivity contribution in [2.75, 3.05) is 6.54 Å². The topological polar surface area (TPSA) is 78.4 Å². The summed E-state index contributed by atoms with van der Waals surface area (Å²) in [7, 11) is 0. The molecule has 2 rings (SSSR count). The highest BCUT2D eigenvalue weighted by Crippen LogP contribution is 2.31. The van der Waals surface area contributed by atoms with Crippen molar-refractivity contribution in [1.29, 1.82) is 0 Å². The van der Waals surface area contributed by atoms with Gasteiger partial charge in [0.15, 0.2) is 0 Å². The van der Waals surface area contributed by atoms with Crippen molar-refractivity contribution in [3.8, 4) is 0 Å². The van der Waals surface area contributed by atoms with Crippen LogP contribution in [-0.2, 0) is 4.79 Å². The molecular formula is C12H20N2O3. The summed E-state index contributed by atoms with van der Waals surface area (Å²) in [5, 5.41) is 14.7. The molecule has 2 atom stereocenters. The number of urea groups is 1. The molecule has 2 aliphatic carbocycles.